The number of rotatable bonds is 3. The summed E-state index contributed by atoms with van der Waals surface area (Å²) in [7, 11) is 0. The van der Waals surface area contributed by atoms with Gasteiger partial charge in [-0.2, -0.15) is 5.10 Å². The first-order chi connectivity index (χ1) is 11.3. The van der Waals surface area contributed by atoms with Crippen LogP contribution in [0.15, 0.2) is 36.9 Å². The van der Waals surface area contributed by atoms with Gasteiger partial charge in [0.25, 0.3) is 5.91 Å². The van der Waals surface area contributed by atoms with Crippen molar-refractivity contribution in [3.05, 3.63) is 54.0 Å². The zero-order valence-electron chi connectivity index (χ0n) is 13.4. The van der Waals surface area contributed by atoms with Crippen LogP contribution in [0.5, 0.6) is 0 Å². The summed E-state index contributed by atoms with van der Waals surface area (Å²) in [6.45, 7) is 6.09. The Labute approximate surface area is 142 Å². The van der Waals surface area contributed by atoms with Gasteiger partial charge in [-0.05, 0) is 18.2 Å². The SMILES string of the molecule is CC(C)(C)c1nc(NC(=O)c2cccc(F)c2)sc1-n1cncn1. The van der Waals surface area contributed by atoms with Crippen LogP contribution in [-0.4, -0.2) is 25.7 Å². The largest absolute Gasteiger partial charge is 0.298 e. The van der Waals surface area contributed by atoms with Crippen LogP contribution in [0.3, 0.4) is 0 Å². The van der Waals surface area contributed by atoms with Gasteiger partial charge >= 0.3 is 0 Å². The normalized spacial score (nSPS) is 11.5. The Morgan fingerprint density at radius 3 is 2.75 bits per heavy atom. The van der Waals surface area contributed by atoms with E-state index in [2.05, 4.69) is 20.4 Å². The van der Waals surface area contributed by atoms with E-state index in [1.807, 2.05) is 20.8 Å². The number of amides is 1. The highest BCUT2D eigenvalue weighted by Gasteiger charge is 2.25. The maximum atomic E-state index is 13.3. The van der Waals surface area contributed by atoms with E-state index < -0.39 is 11.7 Å². The molecule has 0 atom stereocenters. The Bertz CT molecular complexity index is 867. The minimum absolute atomic E-state index is 0.236. The summed E-state index contributed by atoms with van der Waals surface area (Å²) < 4.78 is 14.9. The third-order valence-corrected chi connectivity index (χ3v) is 4.21. The molecule has 2 heterocycles. The number of carbonyl (C=O) groups excluding carboxylic acids is 1. The zero-order chi connectivity index (χ0) is 17.3. The second-order valence-electron chi connectivity index (χ2n) is 6.23. The molecule has 0 unspecified atom stereocenters. The summed E-state index contributed by atoms with van der Waals surface area (Å²) in [6, 6.07) is 5.52. The highest BCUT2D eigenvalue weighted by atomic mass is 32.1. The van der Waals surface area contributed by atoms with Crippen LogP contribution in [0.4, 0.5) is 9.52 Å². The highest BCUT2D eigenvalue weighted by Crippen LogP contribution is 2.34. The van der Waals surface area contributed by atoms with Gasteiger partial charge in [0.1, 0.15) is 23.5 Å². The fraction of sp³-hybridized carbons (Fsp3) is 0.250. The van der Waals surface area contributed by atoms with Gasteiger partial charge < -0.3 is 0 Å². The number of hydrogen-bond donors (Lipinski definition) is 1. The van der Waals surface area contributed by atoms with E-state index in [4.69, 9.17) is 0 Å². The molecule has 0 bridgehead atoms. The Balaban J connectivity index is 1.93. The van der Waals surface area contributed by atoms with Gasteiger partial charge in [-0.3, -0.25) is 10.1 Å². The lowest BCUT2D eigenvalue weighted by atomic mass is 9.92. The van der Waals surface area contributed by atoms with Gasteiger partial charge in [0.05, 0.1) is 5.69 Å². The average molecular weight is 345 g/mol. The molecule has 0 radical (unpaired) electrons. The predicted octanol–water partition coefficient (Wildman–Crippen LogP) is 3.41. The molecule has 8 heteroatoms. The van der Waals surface area contributed by atoms with E-state index >= 15 is 0 Å². The number of aromatic nitrogens is 4. The highest BCUT2D eigenvalue weighted by molar-refractivity contribution is 7.18. The predicted molar refractivity (Wildman–Crippen MR) is 90.1 cm³/mol. The number of anilines is 1. The van der Waals surface area contributed by atoms with Crippen LogP contribution in [-0.2, 0) is 5.41 Å². The fourth-order valence-corrected chi connectivity index (χ4v) is 3.22. The summed E-state index contributed by atoms with van der Waals surface area (Å²) in [5.41, 5.74) is 0.803. The minimum atomic E-state index is -0.458. The monoisotopic (exact) mass is 345 g/mol. The van der Waals surface area contributed by atoms with E-state index in [-0.39, 0.29) is 11.0 Å². The number of thiazole rings is 1. The van der Waals surface area contributed by atoms with Crippen molar-refractivity contribution in [3.63, 3.8) is 0 Å². The molecule has 6 nitrogen and oxygen atoms in total. The standard InChI is InChI=1S/C16H16FN5OS/c1-16(2,3)12-14(22-9-18-8-19-22)24-15(20-12)21-13(23)10-5-4-6-11(17)7-10/h4-9H,1-3H3,(H,20,21,23). The number of halogens is 1. The van der Waals surface area contributed by atoms with Crippen molar-refractivity contribution in [2.24, 2.45) is 0 Å². The summed E-state index contributed by atoms with van der Waals surface area (Å²) in [5, 5.41) is 8.07. The van der Waals surface area contributed by atoms with Gasteiger partial charge in [-0.1, -0.05) is 38.2 Å². The number of benzene rings is 1. The first-order valence-corrected chi connectivity index (χ1v) is 8.09. The van der Waals surface area contributed by atoms with Crippen LogP contribution >= 0.6 is 11.3 Å². The molecule has 3 rings (SSSR count). The molecular weight excluding hydrogens is 329 g/mol. The molecule has 0 aliphatic heterocycles. The molecule has 24 heavy (non-hydrogen) atoms. The lowest BCUT2D eigenvalue weighted by Crippen LogP contribution is -2.16. The Kier molecular flexibility index (Phi) is 4.15. The minimum Gasteiger partial charge on any atom is -0.298 e. The van der Waals surface area contributed by atoms with Gasteiger partial charge in [-0.15, -0.1) is 0 Å². The molecular formula is C16H16FN5OS. The molecule has 0 spiro atoms. The second kappa shape index (κ2) is 6.12. The van der Waals surface area contributed by atoms with E-state index in [9.17, 15) is 9.18 Å². The molecule has 1 N–H and O–H groups in total. The molecule has 1 amide bonds. The van der Waals surface area contributed by atoms with Gasteiger partial charge in [0.2, 0.25) is 0 Å². The van der Waals surface area contributed by atoms with Gasteiger partial charge in [0.15, 0.2) is 5.13 Å². The second-order valence-corrected chi connectivity index (χ2v) is 7.20. The van der Waals surface area contributed by atoms with Gasteiger partial charge in [-0.25, -0.2) is 19.0 Å². The molecule has 0 saturated heterocycles. The maximum absolute atomic E-state index is 13.3. The molecule has 2 aromatic heterocycles. The molecule has 0 aliphatic carbocycles. The summed E-state index contributed by atoms with van der Waals surface area (Å²) in [5.74, 6) is -0.866. The zero-order valence-corrected chi connectivity index (χ0v) is 14.3. The Hall–Kier alpha value is -2.61. The lowest BCUT2D eigenvalue weighted by Gasteiger charge is -2.16. The van der Waals surface area contributed by atoms with Crippen molar-refractivity contribution < 1.29 is 9.18 Å². The van der Waals surface area contributed by atoms with E-state index in [0.717, 1.165) is 10.7 Å². The maximum Gasteiger partial charge on any atom is 0.257 e. The molecule has 124 valence electrons. The average Bonchev–Trinajstić information content (AvgIpc) is 3.15. The number of carbonyl (C=O) groups is 1. The van der Waals surface area contributed by atoms with Gasteiger partial charge in [0, 0.05) is 11.0 Å². The summed E-state index contributed by atoms with van der Waals surface area (Å²) >= 11 is 1.29. The van der Waals surface area contributed by atoms with Crippen LogP contribution in [0.1, 0.15) is 36.8 Å². The molecule has 3 aromatic rings. The fourth-order valence-electron chi connectivity index (χ4n) is 2.12. The number of nitrogens with zero attached hydrogens (tertiary/aromatic N) is 4. The van der Waals surface area contributed by atoms with Crippen molar-refractivity contribution in [3.8, 4) is 5.00 Å². The smallest absolute Gasteiger partial charge is 0.257 e. The van der Waals surface area contributed by atoms with Crippen molar-refractivity contribution in [1.29, 1.82) is 0 Å². The van der Waals surface area contributed by atoms with E-state index in [1.165, 1.54) is 35.9 Å². The number of hydrogen-bond acceptors (Lipinski definition) is 5. The topological polar surface area (TPSA) is 72.7 Å². The lowest BCUT2D eigenvalue weighted by molar-refractivity contribution is 0.102. The molecule has 1 aromatic carbocycles. The first-order valence-electron chi connectivity index (χ1n) is 7.28. The van der Waals surface area contributed by atoms with E-state index in [0.29, 0.717) is 5.13 Å². The van der Waals surface area contributed by atoms with E-state index in [1.54, 1.807) is 17.1 Å². The summed E-state index contributed by atoms with van der Waals surface area (Å²) in [4.78, 5) is 20.8. The van der Waals surface area contributed by atoms with Crippen molar-refractivity contribution >= 4 is 22.4 Å². The Morgan fingerprint density at radius 2 is 2.12 bits per heavy atom. The quantitative estimate of drug-likeness (QED) is 0.789. The molecule has 0 aliphatic rings. The van der Waals surface area contributed by atoms with Crippen molar-refractivity contribution in [2.75, 3.05) is 5.32 Å². The number of nitrogens with one attached hydrogen (secondary N) is 1. The Morgan fingerprint density at radius 1 is 1.33 bits per heavy atom. The first kappa shape index (κ1) is 16.3. The third-order valence-electron chi connectivity index (χ3n) is 3.25. The molecule has 0 saturated carbocycles. The van der Waals surface area contributed by atoms with Crippen LogP contribution < -0.4 is 5.32 Å². The molecule has 0 fully saturated rings. The van der Waals surface area contributed by atoms with Crippen molar-refractivity contribution in [2.45, 2.75) is 26.2 Å². The van der Waals surface area contributed by atoms with Crippen molar-refractivity contribution in [1.82, 2.24) is 19.7 Å². The van der Waals surface area contributed by atoms with Crippen LogP contribution in [0.25, 0.3) is 5.00 Å². The third kappa shape index (κ3) is 3.33. The summed E-state index contributed by atoms with van der Waals surface area (Å²) in [6.07, 6.45) is 3.03. The van der Waals surface area contributed by atoms with Crippen LogP contribution in [0.2, 0.25) is 0 Å². The van der Waals surface area contributed by atoms with Crippen LogP contribution in [0, 0.1) is 5.82 Å².